The Balaban J connectivity index is 1.96. The van der Waals surface area contributed by atoms with Gasteiger partial charge in [-0.1, -0.05) is 30.3 Å². The number of aromatic nitrogens is 2. The van der Waals surface area contributed by atoms with Gasteiger partial charge in [-0.3, -0.25) is 0 Å². The summed E-state index contributed by atoms with van der Waals surface area (Å²) in [7, 11) is 0. The third kappa shape index (κ3) is 2.33. The van der Waals surface area contributed by atoms with E-state index < -0.39 is 0 Å². The van der Waals surface area contributed by atoms with Gasteiger partial charge in [-0.2, -0.15) is 5.10 Å². The lowest BCUT2D eigenvalue weighted by molar-refractivity contribution is 0.611. The summed E-state index contributed by atoms with van der Waals surface area (Å²) in [5.41, 5.74) is 8.62. The van der Waals surface area contributed by atoms with Crippen molar-refractivity contribution in [3.05, 3.63) is 72.3 Å². The molecule has 0 aliphatic heterocycles. The van der Waals surface area contributed by atoms with Crippen molar-refractivity contribution in [3.63, 3.8) is 0 Å². The van der Waals surface area contributed by atoms with Crippen molar-refractivity contribution in [1.82, 2.24) is 9.78 Å². The number of nitrogens with zero attached hydrogens (tertiary/aromatic N) is 2. The van der Waals surface area contributed by atoms with E-state index >= 15 is 0 Å². The maximum absolute atomic E-state index is 13.8. The molecule has 2 N–H and O–H groups in total. The summed E-state index contributed by atoms with van der Waals surface area (Å²) >= 11 is 0. The Hall–Kier alpha value is -2.46. The summed E-state index contributed by atoms with van der Waals surface area (Å²) in [6.07, 6.45) is 3.61. The Labute approximate surface area is 116 Å². The lowest BCUT2D eigenvalue weighted by atomic mass is 10.1. The summed E-state index contributed by atoms with van der Waals surface area (Å²) in [4.78, 5) is 0. The highest BCUT2D eigenvalue weighted by atomic mass is 19.1. The van der Waals surface area contributed by atoms with Crippen molar-refractivity contribution in [2.24, 2.45) is 5.73 Å². The topological polar surface area (TPSA) is 43.8 Å². The van der Waals surface area contributed by atoms with Gasteiger partial charge in [0.2, 0.25) is 0 Å². The third-order valence-electron chi connectivity index (χ3n) is 3.21. The van der Waals surface area contributed by atoms with Crippen molar-refractivity contribution in [3.8, 4) is 16.8 Å². The second kappa shape index (κ2) is 5.27. The lowest BCUT2D eigenvalue weighted by Crippen LogP contribution is -1.99. The Bertz CT molecular complexity index is 720. The first-order valence-electron chi connectivity index (χ1n) is 6.37. The van der Waals surface area contributed by atoms with E-state index in [1.54, 1.807) is 16.9 Å². The fourth-order valence-electron chi connectivity index (χ4n) is 2.09. The van der Waals surface area contributed by atoms with Gasteiger partial charge in [0.05, 0.1) is 11.9 Å². The van der Waals surface area contributed by atoms with Crippen LogP contribution in [-0.2, 0) is 6.54 Å². The molecule has 0 unspecified atom stereocenters. The van der Waals surface area contributed by atoms with E-state index in [9.17, 15) is 4.39 Å². The predicted octanol–water partition coefficient (Wildman–Crippen LogP) is 3.14. The van der Waals surface area contributed by atoms with Crippen LogP contribution in [0.5, 0.6) is 0 Å². The number of hydrogen-bond acceptors (Lipinski definition) is 2. The largest absolute Gasteiger partial charge is 0.326 e. The molecule has 0 saturated heterocycles. The molecule has 0 aliphatic carbocycles. The number of halogens is 1. The van der Waals surface area contributed by atoms with E-state index in [2.05, 4.69) is 5.10 Å². The molecule has 0 radical (unpaired) electrons. The zero-order chi connectivity index (χ0) is 13.9. The first kappa shape index (κ1) is 12.6. The minimum Gasteiger partial charge on any atom is -0.326 e. The first-order valence-corrected chi connectivity index (χ1v) is 6.37. The Morgan fingerprint density at radius 3 is 2.55 bits per heavy atom. The average molecular weight is 267 g/mol. The predicted molar refractivity (Wildman–Crippen MR) is 76.8 cm³/mol. The van der Waals surface area contributed by atoms with Crippen LogP contribution in [0.3, 0.4) is 0 Å². The van der Waals surface area contributed by atoms with Crippen LogP contribution >= 0.6 is 0 Å². The number of hydrogen-bond donors (Lipinski definition) is 1. The molecule has 3 nitrogen and oxygen atoms in total. The molecule has 100 valence electrons. The van der Waals surface area contributed by atoms with Gasteiger partial charge in [0.15, 0.2) is 0 Å². The van der Waals surface area contributed by atoms with Gasteiger partial charge in [-0.25, -0.2) is 9.07 Å². The fourth-order valence-corrected chi connectivity index (χ4v) is 2.09. The van der Waals surface area contributed by atoms with E-state index in [0.29, 0.717) is 5.56 Å². The van der Waals surface area contributed by atoms with Crippen LogP contribution in [0.25, 0.3) is 16.8 Å². The lowest BCUT2D eigenvalue weighted by Gasteiger charge is -2.02. The van der Waals surface area contributed by atoms with E-state index in [0.717, 1.165) is 16.8 Å². The van der Waals surface area contributed by atoms with E-state index in [1.165, 1.54) is 6.07 Å². The van der Waals surface area contributed by atoms with Gasteiger partial charge >= 0.3 is 0 Å². The summed E-state index contributed by atoms with van der Waals surface area (Å²) in [5.74, 6) is -0.280. The zero-order valence-corrected chi connectivity index (χ0v) is 10.8. The molecule has 0 fully saturated rings. The minimum absolute atomic E-state index is 0.204. The van der Waals surface area contributed by atoms with Crippen molar-refractivity contribution in [2.45, 2.75) is 6.54 Å². The number of nitrogens with two attached hydrogens (primary N) is 1. The molecule has 0 saturated carbocycles. The molecular formula is C16H14FN3. The molecule has 0 amide bonds. The molecule has 0 aliphatic rings. The summed E-state index contributed by atoms with van der Waals surface area (Å²) in [6.45, 7) is 0.204. The van der Waals surface area contributed by atoms with Crippen molar-refractivity contribution >= 4 is 0 Å². The number of rotatable bonds is 3. The molecule has 3 aromatic rings. The van der Waals surface area contributed by atoms with Crippen LogP contribution in [-0.4, -0.2) is 9.78 Å². The fraction of sp³-hybridized carbons (Fsp3) is 0.0625. The van der Waals surface area contributed by atoms with Crippen LogP contribution in [0.1, 0.15) is 5.56 Å². The molecule has 3 rings (SSSR count). The van der Waals surface area contributed by atoms with Gasteiger partial charge in [-0.15, -0.1) is 0 Å². The molecule has 20 heavy (non-hydrogen) atoms. The van der Waals surface area contributed by atoms with Crippen molar-refractivity contribution in [2.75, 3.05) is 0 Å². The minimum atomic E-state index is -0.280. The molecule has 0 bridgehead atoms. The maximum Gasteiger partial charge on any atom is 0.128 e. The SMILES string of the molecule is NCc1ccc(-c2cnn(-c3ccccc3)c2)cc1F. The van der Waals surface area contributed by atoms with E-state index in [1.807, 2.05) is 42.6 Å². The van der Waals surface area contributed by atoms with E-state index in [-0.39, 0.29) is 12.4 Å². The summed E-state index contributed by atoms with van der Waals surface area (Å²) in [5, 5.41) is 4.30. The second-order valence-corrected chi connectivity index (χ2v) is 4.52. The van der Waals surface area contributed by atoms with Gasteiger partial charge in [0, 0.05) is 23.9 Å². The smallest absolute Gasteiger partial charge is 0.128 e. The average Bonchev–Trinajstić information content (AvgIpc) is 2.98. The third-order valence-corrected chi connectivity index (χ3v) is 3.21. The standard InChI is InChI=1S/C16H14FN3/c17-16-8-12(6-7-13(16)9-18)14-10-19-20(11-14)15-4-2-1-3-5-15/h1-8,10-11H,9,18H2. The highest BCUT2D eigenvalue weighted by molar-refractivity contribution is 5.62. The second-order valence-electron chi connectivity index (χ2n) is 4.52. The monoisotopic (exact) mass is 267 g/mol. The normalized spacial score (nSPS) is 10.7. The Morgan fingerprint density at radius 1 is 1.05 bits per heavy atom. The van der Waals surface area contributed by atoms with Crippen LogP contribution in [0.4, 0.5) is 4.39 Å². The van der Waals surface area contributed by atoms with Crippen molar-refractivity contribution in [1.29, 1.82) is 0 Å². The van der Waals surface area contributed by atoms with Crippen LogP contribution in [0.15, 0.2) is 60.9 Å². The van der Waals surface area contributed by atoms with Crippen LogP contribution in [0, 0.1) is 5.82 Å². The molecule has 1 heterocycles. The van der Waals surface area contributed by atoms with Gasteiger partial charge in [0.1, 0.15) is 5.82 Å². The molecule has 4 heteroatoms. The molecule has 0 atom stereocenters. The number of benzene rings is 2. The quantitative estimate of drug-likeness (QED) is 0.792. The zero-order valence-electron chi connectivity index (χ0n) is 10.8. The maximum atomic E-state index is 13.8. The van der Waals surface area contributed by atoms with Crippen LogP contribution < -0.4 is 5.73 Å². The van der Waals surface area contributed by atoms with E-state index in [4.69, 9.17) is 5.73 Å². The van der Waals surface area contributed by atoms with Crippen molar-refractivity contribution < 1.29 is 4.39 Å². The first-order chi connectivity index (χ1) is 9.78. The van der Waals surface area contributed by atoms with Crippen LogP contribution in [0.2, 0.25) is 0 Å². The summed E-state index contributed by atoms with van der Waals surface area (Å²) in [6, 6.07) is 14.9. The highest BCUT2D eigenvalue weighted by Crippen LogP contribution is 2.22. The highest BCUT2D eigenvalue weighted by Gasteiger charge is 2.06. The van der Waals surface area contributed by atoms with Gasteiger partial charge < -0.3 is 5.73 Å². The Kier molecular flexibility index (Phi) is 3.31. The number of para-hydroxylation sites is 1. The van der Waals surface area contributed by atoms with Gasteiger partial charge in [-0.05, 0) is 23.8 Å². The van der Waals surface area contributed by atoms with Gasteiger partial charge in [0.25, 0.3) is 0 Å². The Morgan fingerprint density at radius 2 is 1.85 bits per heavy atom. The molecular weight excluding hydrogens is 253 g/mol. The molecule has 2 aromatic carbocycles. The summed E-state index contributed by atoms with van der Waals surface area (Å²) < 4.78 is 15.5. The molecule has 0 spiro atoms. The molecule has 1 aromatic heterocycles.